The van der Waals surface area contributed by atoms with Gasteiger partial charge in [0.15, 0.2) is 0 Å². The van der Waals surface area contributed by atoms with Gasteiger partial charge in [0.1, 0.15) is 5.75 Å². The van der Waals surface area contributed by atoms with E-state index in [-0.39, 0.29) is 18.4 Å². The molecule has 0 aromatic heterocycles. The number of carbonyl (C=O) groups excluding carboxylic acids is 2. The molecule has 0 aliphatic carbocycles. The Kier molecular flexibility index (Phi) is 4.79. The summed E-state index contributed by atoms with van der Waals surface area (Å²) in [5, 5.41) is 0. The van der Waals surface area contributed by atoms with Crippen molar-refractivity contribution in [3.8, 4) is 5.75 Å². The average molecular weight is 426 g/mol. The fourth-order valence-corrected chi connectivity index (χ4v) is 4.45. The Hall–Kier alpha value is -3.90. The minimum absolute atomic E-state index is 0.213. The van der Waals surface area contributed by atoms with Crippen molar-refractivity contribution in [3.63, 3.8) is 0 Å². The van der Waals surface area contributed by atoms with Crippen LogP contribution in [0.15, 0.2) is 85.5 Å². The smallest absolute Gasteiger partial charge is 0.286 e. The fraction of sp³-hybridized carbons (Fsp3) is 0.154. The van der Waals surface area contributed by atoms with Crippen LogP contribution in [0, 0.1) is 0 Å². The number of ether oxygens (including phenoxy) is 2. The van der Waals surface area contributed by atoms with Gasteiger partial charge in [-0.25, -0.2) is 0 Å². The van der Waals surface area contributed by atoms with Gasteiger partial charge in [0.05, 0.1) is 25.1 Å². The Bertz CT molecular complexity index is 1220. The molecule has 3 aromatic rings. The van der Waals surface area contributed by atoms with E-state index in [2.05, 4.69) is 6.58 Å². The van der Waals surface area contributed by atoms with Crippen LogP contribution in [-0.2, 0) is 21.9 Å². The van der Waals surface area contributed by atoms with Gasteiger partial charge in [0, 0.05) is 23.2 Å². The van der Waals surface area contributed by atoms with Crippen molar-refractivity contribution in [1.82, 2.24) is 0 Å². The first-order chi connectivity index (χ1) is 15.6. The third-order valence-corrected chi connectivity index (χ3v) is 5.93. The van der Waals surface area contributed by atoms with Gasteiger partial charge in [0.2, 0.25) is 0 Å². The van der Waals surface area contributed by atoms with Crippen molar-refractivity contribution in [1.29, 1.82) is 0 Å². The highest BCUT2D eigenvalue weighted by atomic mass is 16.5. The molecule has 0 N–H and O–H groups in total. The number of nitrogens with zero attached hydrogens (tertiary/aromatic N) is 2. The first kappa shape index (κ1) is 20.0. The predicted molar refractivity (Wildman–Crippen MR) is 122 cm³/mol. The Morgan fingerprint density at radius 3 is 2.47 bits per heavy atom. The van der Waals surface area contributed by atoms with Crippen molar-refractivity contribution >= 4 is 23.2 Å². The van der Waals surface area contributed by atoms with Crippen LogP contribution in [0.5, 0.6) is 5.75 Å². The van der Waals surface area contributed by atoms with Crippen molar-refractivity contribution in [2.24, 2.45) is 0 Å². The minimum atomic E-state index is -1.59. The van der Waals surface area contributed by atoms with Crippen LogP contribution in [0.1, 0.15) is 21.5 Å². The second-order valence-electron chi connectivity index (χ2n) is 7.65. The zero-order valence-corrected chi connectivity index (χ0v) is 17.7. The summed E-state index contributed by atoms with van der Waals surface area (Å²) in [5.74, 6) is 0.00405. The second-order valence-corrected chi connectivity index (χ2v) is 7.65. The van der Waals surface area contributed by atoms with Crippen LogP contribution in [-0.4, -0.2) is 25.5 Å². The van der Waals surface area contributed by atoms with E-state index >= 15 is 0 Å². The highest BCUT2D eigenvalue weighted by Gasteiger charge is 2.60. The summed E-state index contributed by atoms with van der Waals surface area (Å²) in [6.07, 6.45) is 1.67. The molecule has 2 aliphatic rings. The fourth-order valence-electron chi connectivity index (χ4n) is 4.45. The van der Waals surface area contributed by atoms with E-state index in [4.69, 9.17) is 9.47 Å². The van der Waals surface area contributed by atoms with Crippen LogP contribution >= 0.6 is 0 Å². The number of methoxy groups -OCH3 is 1. The molecule has 2 heterocycles. The van der Waals surface area contributed by atoms with Crippen molar-refractivity contribution in [3.05, 3.63) is 102 Å². The molecule has 1 unspecified atom stereocenters. The molecule has 0 saturated carbocycles. The number of anilines is 2. The number of para-hydroxylation sites is 2. The van der Waals surface area contributed by atoms with Gasteiger partial charge in [-0.1, -0.05) is 42.5 Å². The molecule has 0 saturated heterocycles. The third kappa shape index (κ3) is 2.77. The lowest BCUT2D eigenvalue weighted by molar-refractivity contribution is -0.146. The first-order valence-electron chi connectivity index (χ1n) is 10.3. The van der Waals surface area contributed by atoms with Gasteiger partial charge in [-0.2, -0.15) is 0 Å². The number of benzene rings is 3. The predicted octanol–water partition coefficient (Wildman–Crippen LogP) is 4.26. The third-order valence-electron chi connectivity index (χ3n) is 5.93. The van der Waals surface area contributed by atoms with E-state index in [0.717, 1.165) is 5.56 Å². The summed E-state index contributed by atoms with van der Waals surface area (Å²) in [7, 11) is 1.57. The molecule has 160 valence electrons. The van der Waals surface area contributed by atoms with Crippen LogP contribution in [0.3, 0.4) is 0 Å². The first-order valence-corrected chi connectivity index (χ1v) is 10.3. The van der Waals surface area contributed by atoms with Gasteiger partial charge >= 0.3 is 0 Å². The number of fused-ring (bicyclic) bond motifs is 3. The van der Waals surface area contributed by atoms with Crippen molar-refractivity contribution in [2.45, 2.75) is 12.3 Å². The van der Waals surface area contributed by atoms with E-state index < -0.39 is 5.72 Å². The molecule has 2 amide bonds. The number of hydrogen-bond donors (Lipinski definition) is 0. The van der Waals surface area contributed by atoms with E-state index in [9.17, 15) is 9.59 Å². The van der Waals surface area contributed by atoms with Gasteiger partial charge in [-0.05, 0) is 36.4 Å². The Morgan fingerprint density at radius 2 is 1.75 bits per heavy atom. The molecule has 0 bridgehead atoms. The van der Waals surface area contributed by atoms with Crippen LogP contribution < -0.4 is 14.5 Å². The summed E-state index contributed by atoms with van der Waals surface area (Å²) in [5.41, 5.74) is 1.69. The van der Waals surface area contributed by atoms with Gasteiger partial charge in [-0.15, -0.1) is 6.58 Å². The monoisotopic (exact) mass is 426 g/mol. The lowest BCUT2D eigenvalue weighted by atomic mass is 9.96. The zero-order chi connectivity index (χ0) is 22.3. The quantitative estimate of drug-likeness (QED) is 0.585. The molecule has 6 heteroatoms. The number of carbonyl (C=O) groups is 2. The highest BCUT2D eigenvalue weighted by molar-refractivity contribution is 6.17. The van der Waals surface area contributed by atoms with Gasteiger partial charge < -0.3 is 14.4 Å². The number of rotatable bonds is 4. The van der Waals surface area contributed by atoms with Crippen molar-refractivity contribution < 1.29 is 19.1 Å². The molecule has 6 nitrogen and oxygen atoms in total. The molecule has 0 radical (unpaired) electrons. The Balaban J connectivity index is 1.73. The maximum absolute atomic E-state index is 14.0. The summed E-state index contributed by atoms with van der Waals surface area (Å²) < 4.78 is 11.6. The summed E-state index contributed by atoms with van der Waals surface area (Å²) in [4.78, 5) is 31.0. The summed E-state index contributed by atoms with van der Waals surface area (Å²) >= 11 is 0. The molecule has 1 atom stereocenters. The molecular weight excluding hydrogens is 404 g/mol. The molecule has 32 heavy (non-hydrogen) atoms. The largest absolute Gasteiger partial charge is 0.497 e. The van der Waals surface area contributed by atoms with Crippen molar-refractivity contribution in [2.75, 3.05) is 23.5 Å². The zero-order valence-electron chi connectivity index (χ0n) is 17.7. The molecule has 2 aliphatic heterocycles. The highest BCUT2D eigenvalue weighted by Crippen LogP contribution is 2.50. The normalized spacial score (nSPS) is 19.0. The molecule has 1 spiro atoms. The lowest BCUT2D eigenvalue weighted by Gasteiger charge is -2.44. The van der Waals surface area contributed by atoms with E-state index in [1.165, 1.54) is 4.90 Å². The summed E-state index contributed by atoms with van der Waals surface area (Å²) in [6.45, 7) is 4.32. The maximum Gasteiger partial charge on any atom is 0.286 e. The SMILES string of the molecule is C=CCN1C(=O)C2(OCc3ccccc3N2C(=O)c2ccc(OC)cc2)c2ccccc21. The number of amides is 2. The van der Waals surface area contributed by atoms with E-state index in [0.29, 0.717) is 34.8 Å². The van der Waals surface area contributed by atoms with E-state index in [1.807, 2.05) is 48.5 Å². The standard InChI is InChI=1S/C26H22N2O4/c1-3-16-27-23-11-7-5-9-21(23)26(25(27)30)28(22-10-6-4-8-19(22)17-32-26)24(29)18-12-14-20(31-2)15-13-18/h3-15H,1,16-17H2,2H3. The topological polar surface area (TPSA) is 59.1 Å². The summed E-state index contributed by atoms with van der Waals surface area (Å²) in [6, 6.07) is 21.8. The Morgan fingerprint density at radius 1 is 1.06 bits per heavy atom. The van der Waals surface area contributed by atoms with Crippen LogP contribution in [0.25, 0.3) is 0 Å². The van der Waals surface area contributed by atoms with E-state index in [1.54, 1.807) is 42.4 Å². The minimum Gasteiger partial charge on any atom is -0.497 e. The average Bonchev–Trinajstić information content (AvgIpc) is 3.07. The van der Waals surface area contributed by atoms with Crippen LogP contribution in [0.2, 0.25) is 0 Å². The lowest BCUT2D eigenvalue weighted by Crippen LogP contribution is -2.59. The molecule has 3 aromatic carbocycles. The van der Waals surface area contributed by atoms with Gasteiger partial charge in [0.25, 0.3) is 17.5 Å². The van der Waals surface area contributed by atoms with Gasteiger partial charge in [-0.3, -0.25) is 14.5 Å². The molecular formula is C26H22N2O4. The number of hydrogen-bond acceptors (Lipinski definition) is 4. The maximum atomic E-state index is 14.0. The molecule has 0 fully saturated rings. The molecule has 5 rings (SSSR count). The van der Waals surface area contributed by atoms with Crippen LogP contribution in [0.4, 0.5) is 11.4 Å². The Labute approximate surface area is 186 Å². The second kappa shape index (κ2) is 7.66.